The van der Waals surface area contributed by atoms with Gasteiger partial charge in [0.2, 0.25) is 0 Å². The molecule has 0 saturated carbocycles. The third kappa shape index (κ3) is 2.31. The Balaban J connectivity index is 3.35. The van der Waals surface area contributed by atoms with E-state index in [2.05, 4.69) is 20.8 Å². The van der Waals surface area contributed by atoms with Gasteiger partial charge in [0.25, 0.3) is 0 Å². The molecule has 1 nitrogen and oxygen atoms in total. The fourth-order valence-corrected chi connectivity index (χ4v) is 0.910. The number of rotatable bonds is 3. The predicted molar refractivity (Wildman–Crippen MR) is 35.9 cm³/mol. The van der Waals surface area contributed by atoms with Crippen LogP contribution in [0.4, 0.5) is 0 Å². The van der Waals surface area contributed by atoms with Gasteiger partial charge in [0.1, 0.15) is 0 Å². The highest BCUT2D eigenvalue weighted by Crippen LogP contribution is 2.07. The van der Waals surface area contributed by atoms with Gasteiger partial charge in [0.15, 0.2) is 0 Å². The van der Waals surface area contributed by atoms with Crippen LogP contribution in [0.2, 0.25) is 0 Å². The first-order valence-corrected chi connectivity index (χ1v) is 3.25. The standard InChI is InChI=1S/C7H16O/c1-5-7(8-4)6(2)3/h6-7H,5H2,1-4H3/t7-/m1/s1. The molecule has 0 saturated heterocycles. The molecule has 1 atom stereocenters. The van der Waals surface area contributed by atoms with Crippen molar-refractivity contribution >= 4 is 0 Å². The van der Waals surface area contributed by atoms with Gasteiger partial charge >= 0.3 is 0 Å². The zero-order valence-corrected chi connectivity index (χ0v) is 6.27. The second kappa shape index (κ2) is 3.90. The first-order chi connectivity index (χ1) is 3.72. The number of hydrogen-bond donors (Lipinski definition) is 0. The van der Waals surface area contributed by atoms with Gasteiger partial charge in [-0.15, -0.1) is 0 Å². The Morgan fingerprint density at radius 2 is 1.88 bits per heavy atom. The molecule has 0 fully saturated rings. The average Bonchev–Trinajstić information content (AvgIpc) is 1.69. The zero-order valence-electron chi connectivity index (χ0n) is 6.27. The second-order valence-corrected chi connectivity index (χ2v) is 2.43. The lowest BCUT2D eigenvalue weighted by Crippen LogP contribution is -2.15. The van der Waals surface area contributed by atoms with Crippen molar-refractivity contribution in [2.75, 3.05) is 7.11 Å². The van der Waals surface area contributed by atoms with Crippen LogP contribution in [0.1, 0.15) is 27.2 Å². The predicted octanol–water partition coefficient (Wildman–Crippen LogP) is 2.07. The molecular weight excluding hydrogens is 100 g/mol. The van der Waals surface area contributed by atoms with Crippen LogP contribution in [-0.2, 0) is 4.74 Å². The Morgan fingerprint density at radius 3 is 1.88 bits per heavy atom. The van der Waals surface area contributed by atoms with Crippen molar-refractivity contribution < 1.29 is 4.74 Å². The summed E-state index contributed by atoms with van der Waals surface area (Å²) in [5, 5.41) is 0. The van der Waals surface area contributed by atoms with Gasteiger partial charge in [-0.1, -0.05) is 20.8 Å². The van der Waals surface area contributed by atoms with Gasteiger partial charge < -0.3 is 4.74 Å². The fraction of sp³-hybridized carbons (Fsp3) is 1.00. The maximum absolute atomic E-state index is 5.16. The maximum atomic E-state index is 5.16. The average molecular weight is 116 g/mol. The summed E-state index contributed by atoms with van der Waals surface area (Å²) in [6.07, 6.45) is 1.57. The van der Waals surface area contributed by atoms with Crippen LogP contribution in [0, 0.1) is 5.92 Å². The number of ether oxygens (including phenoxy) is 1. The molecule has 0 aromatic rings. The van der Waals surface area contributed by atoms with E-state index in [-0.39, 0.29) is 0 Å². The van der Waals surface area contributed by atoms with Crippen molar-refractivity contribution in [3.8, 4) is 0 Å². The van der Waals surface area contributed by atoms with Gasteiger partial charge in [-0.05, 0) is 12.3 Å². The molecule has 0 amide bonds. The molecular formula is C7H16O. The topological polar surface area (TPSA) is 9.23 Å². The van der Waals surface area contributed by atoms with Crippen LogP contribution in [0.5, 0.6) is 0 Å². The minimum absolute atomic E-state index is 0.454. The lowest BCUT2D eigenvalue weighted by Gasteiger charge is -2.15. The van der Waals surface area contributed by atoms with E-state index in [1.807, 2.05) is 0 Å². The highest BCUT2D eigenvalue weighted by Gasteiger charge is 2.07. The quantitative estimate of drug-likeness (QED) is 0.548. The maximum Gasteiger partial charge on any atom is 0.0591 e. The van der Waals surface area contributed by atoms with E-state index in [9.17, 15) is 0 Å². The van der Waals surface area contributed by atoms with Crippen LogP contribution in [-0.4, -0.2) is 13.2 Å². The van der Waals surface area contributed by atoms with Gasteiger partial charge in [-0.3, -0.25) is 0 Å². The molecule has 0 bridgehead atoms. The summed E-state index contributed by atoms with van der Waals surface area (Å²) in [6, 6.07) is 0. The molecule has 0 heterocycles. The first kappa shape index (κ1) is 7.96. The molecule has 0 aromatic heterocycles. The molecule has 0 radical (unpaired) electrons. The third-order valence-corrected chi connectivity index (χ3v) is 1.45. The molecule has 0 aliphatic heterocycles. The van der Waals surface area contributed by atoms with E-state index in [0.29, 0.717) is 12.0 Å². The summed E-state index contributed by atoms with van der Waals surface area (Å²) in [5.41, 5.74) is 0. The van der Waals surface area contributed by atoms with Crippen LogP contribution >= 0.6 is 0 Å². The molecule has 0 rings (SSSR count). The van der Waals surface area contributed by atoms with Crippen LogP contribution < -0.4 is 0 Å². The summed E-state index contributed by atoms with van der Waals surface area (Å²) in [5.74, 6) is 0.657. The Kier molecular flexibility index (Phi) is 3.88. The lowest BCUT2D eigenvalue weighted by atomic mass is 10.1. The van der Waals surface area contributed by atoms with E-state index in [0.717, 1.165) is 6.42 Å². The monoisotopic (exact) mass is 116 g/mol. The van der Waals surface area contributed by atoms with Crippen LogP contribution in [0.3, 0.4) is 0 Å². The SMILES string of the molecule is CC[C@@H](OC)C(C)C. The molecule has 0 aliphatic carbocycles. The smallest absolute Gasteiger partial charge is 0.0591 e. The summed E-state index contributed by atoms with van der Waals surface area (Å²) < 4.78 is 5.16. The summed E-state index contributed by atoms with van der Waals surface area (Å²) in [6.45, 7) is 6.50. The Hall–Kier alpha value is -0.0400. The molecule has 50 valence electrons. The van der Waals surface area contributed by atoms with Crippen molar-refractivity contribution in [2.24, 2.45) is 5.92 Å². The second-order valence-electron chi connectivity index (χ2n) is 2.43. The number of hydrogen-bond acceptors (Lipinski definition) is 1. The van der Waals surface area contributed by atoms with Gasteiger partial charge in [0.05, 0.1) is 6.10 Å². The highest BCUT2D eigenvalue weighted by molar-refractivity contribution is 4.57. The van der Waals surface area contributed by atoms with Crippen molar-refractivity contribution in [3.05, 3.63) is 0 Å². The van der Waals surface area contributed by atoms with E-state index in [1.165, 1.54) is 0 Å². The molecule has 1 heteroatoms. The van der Waals surface area contributed by atoms with Crippen molar-refractivity contribution in [1.82, 2.24) is 0 Å². The zero-order chi connectivity index (χ0) is 6.57. The molecule has 8 heavy (non-hydrogen) atoms. The van der Waals surface area contributed by atoms with Crippen molar-refractivity contribution in [3.63, 3.8) is 0 Å². The van der Waals surface area contributed by atoms with Crippen LogP contribution in [0.15, 0.2) is 0 Å². The van der Waals surface area contributed by atoms with Gasteiger partial charge in [-0.2, -0.15) is 0 Å². The largest absolute Gasteiger partial charge is 0.381 e. The molecule has 0 N–H and O–H groups in total. The van der Waals surface area contributed by atoms with Crippen LogP contribution in [0.25, 0.3) is 0 Å². The fourth-order valence-electron chi connectivity index (χ4n) is 0.910. The minimum atomic E-state index is 0.454. The Morgan fingerprint density at radius 1 is 1.38 bits per heavy atom. The Bertz CT molecular complexity index is 46.3. The Labute approximate surface area is 52.0 Å². The van der Waals surface area contributed by atoms with Gasteiger partial charge in [0, 0.05) is 7.11 Å². The number of methoxy groups -OCH3 is 1. The molecule has 0 aromatic carbocycles. The van der Waals surface area contributed by atoms with E-state index in [1.54, 1.807) is 7.11 Å². The van der Waals surface area contributed by atoms with E-state index in [4.69, 9.17) is 4.74 Å². The highest BCUT2D eigenvalue weighted by atomic mass is 16.5. The molecule has 0 aliphatic rings. The first-order valence-electron chi connectivity index (χ1n) is 3.25. The molecule has 0 spiro atoms. The van der Waals surface area contributed by atoms with Gasteiger partial charge in [-0.25, -0.2) is 0 Å². The summed E-state index contributed by atoms with van der Waals surface area (Å²) >= 11 is 0. The minimum Gasteiger partial charge on any atom is -0.381 e. The van der Waals surface area contributed by atoms with E-state index < -0.39 is 0 Å². The molecule has 0 unspecified atom stereocenters. The lowest BCUT2D eigenvalue weighted by molar-refractivity contribution is 0.0621. The summed E-state index contributed by atoms with van der Waals surface area (Å²) in [7, 11) is 1.77. The van der Waals surface area contributed by atoms with Crippen molar-refractivity contribution in [2.45, 2.75) is 33.3 Å². The van der Waals surface area contributed by atoms with E-state index >= 15 is 0 Å². The normalized spacial score (nSPS) is 14.6. The summed E-state index contributed by atoms with van der Waals surface area (Å²) in [4.78, 5) is 0. The third-order valence-electron chi connectivity index (χ3n) is 1.45. The van der Waals surface area contributed by atoms with Crippen molar-refractivity contribution in [1.29, 1.82) is 0 Å².